The predicted molar refractivity (Wildman–Crippen MR) is 64.7 cm³/mol. The molecule has 0 bridgehead atoms. The maximum absolute atomic E-state index is 11.0. The van der Waals surface area contributed by atoms with Crippen molar-refractivity contribution in [2.75, 3.05) is 31.2 Å². The van der Waals surface area contributed by atoms with Gasteiger partial charge in [-0.2, -0.15) is 0 Å². The molecule has 7 nitrogen and oxygen atoms in total. The Kier molecular flexibility index (Phi) is 3.73. The first-order chi connectivity index (χ1) is 8.63. The second kappa shape index (κ2) is 5.28. The molecule has 0 amide bonds. The zero-order chi connectivity index (χ0) is 13.1. The Hall–Kier alpha value is -1.73. The summed E-state index contributed by atoms with van der Waals surface area (Å²) >= 11 is 0. The molecule has 0 radical (unpaired) electrons. The number of nitrogens with zero attached hydrogens (tertiary/aromatic N) is 3. The van der Waals surface area contributed by atoms with Gasteiger partial charge in [-0.15, -0.1) is 0 Å². The number of ether oxygens (including phenoxy) is 1. The van der Waals surface area contributed by atoms with E-state index in [0.717, 1.165) is 0 Å². The minimum absolute atomic E-state index is 0.0130. The molecule has 2 rings (SSSR count). The van der Waals surface area contributed by atoms with Gasteiger partial charge < -0.3 is 14.7 Å². The average molecular weight is 253 g/mol. The molecule has 0 aliphatic carbocycles. The molecule has 1 aromatic rings. The molecule has 0 spiro atoms. The van der Waals surface area contributed by atoms with E-state index >= 15 is 0 Å². The molecule has 0 saturated carbocycles. The Labute approximate surface area is 104 Å². The van der Waals surface area contributed by atoms with Gasteiger partial charge in [0.1, 0.15) is 0 Å². The molecular formula is C11H15N3O4. The fourth-order valence-electron chi connectivity index (χ4n) is 1.93. The number of nitro groups is 1. The van der Waals surface area contributed by atoms with Gasteiger partial charge in [0.2, 0.25) is 5.82 Å². The maximum Gasteiger partial charge on any atom is 0.314 e. The first kappa shape index (κ1) is 12.7. The van der Waals surface area contributed by atoms with Crippen molar-refractivity contribution in [2.45, 2.75) is 13.0 Å². The lowest BCUT2D eigenvalue weighted by Gasteiger charge is -2.39. The second-order valence-corrected chi connectivity index (χ2v) is 4.18. The molecule has 0 aromatic carbocycles. The van der Waals surface area contributed by atoms with E-state index < -0.39 is 4.92 Å². The summed E-state index contributed by atoms with van der Waals surface area (Å²) in [5, 5.41) is 19.6. The summed E-state index contributed by atoms with van der Waals surface area (Å²) in [5.41, 5.74) is 0.655. The van der Waals surface area contributed by atoms with Crippen molar-refractivity contribution >= 4 is 11.5 Å². The highest BCUT2D eigenvalue weighted by atomic mass is 16.6. The fraction of sp³-hybridized carbons (Fsp3) is 0.545. The van der Waals surface area contributed by atoms with Crippen LogP contribution >= 0.6 is 0 Å². The molecule has 0 atom stereocenters. The third kappa shape index (κ3) is 2.41. The van der Waals surface area contributed by atoms with Gasteiger partial charge in [-0.3, -0.25) is 10.1 Å². The highest BCUT2D eigenvalue weighted by Crippen LogP contribution is 2.32. The van der Waals surface area contributed by atoms with Crippen molar-refractivity contribution in [3.8, 4) is 0 Å². The number of pyridine rings is 1. The van der Waals surface area contributed by atoms with E-state index in [-0.39, 0.29) is 18.4 Å². The molecule has 1 fully saturated rings. The van der Waals surface area contributed by atoms with Crippen molar-refractivity contribution in [1.29, 1.82) is 0 Å². The van der Waals surface area contributed by atoms with Gasteiger partial charge in [-0.1, -0.05) is 0 Å². The Morgan fingerprint density at radius 1 is 1.67 bits per heavy atom. The normalized spacial score (nSPS) is 15.6. The quantitative estimate of drug-likeness (QED) is 0.607. The first-order valence-electron chi connectivity index (χ1n) is 5.71. The van der Waals surface area contributed by atoms with Gasteiger partial charge in [0.05, 0.1) is 24.2 Å². The Bertz CT molecular complexity index is 446. The number of aromatic nitrogens is 1. The lowest BCUT2D eigenvalue weighted by atomic mass is 10.1. The van der Waals surface area contributed by atoms with E-state index in [1.165, 1.54) is 0 Å². The molecule has 1 aromatic heterocycles. The van der Waals surface area contributed by atoms with Crippen molar-refractivity contribution in [3.05, 3.63) is 27.9 Å². The smallest absolute Gasteiger partial charge is 0.314 e. The van der Waals surface area contributed by atoms with Crippen LogP contribution in [-0.4, -0.2) is 47.4 Å². The van der Waals surface area contributed by atoms with Crippen molar-refractivity contribution in [2.24, 2.45) is 0 Å². The van der Waals surface area contributed by atoms with E-state index in [9.17, 15) is 10.1 Å². The largest absolute Gasteiger partial charge is 0.394 e. The number of aliphatic hydroxyl groups is 1. The van der Waals surface area contributed by atoms with Crippen molar-refractivity contribution in [1.82, 2.24) is 4.98 Å². The van der Waals surface area contributed by atoms with Crippen LogP contribution in [0, 0.1) is 17.0 Å². The van der Waals surface area contributed by atoms with Crippen LogP contribution in [-0.2, 0) is 4.74 Å². The number of hydrogen-bond acceptors (Lipinski definition) is 6. The van der Waals surface area contributed by atoms with Crippen molar-refractivity contribution < 1.29 is 14.8 Å². The van der Waals surface area contributed by atoms with Gasteiger partial charge in [0, 0.05) is 24.8 Å². The molecule has 1 N–H and O–H groups in total. The van der Waals surface area contributed by atoms with E-state index in [4.69, 9.17) is 9.84 Å². The summed E-state index contributed by atoms with van der Waals surface area (Å²) in [4.78, 5) is 16.5. The van der Waals surface area contributed by atoms with Gasteiger partial charge in [0.25, 0.3) is 0 Å². The molecule has 1 aliphatic rings. The summed E-state index contributed by atoms with van der Waals surface area (Å²) < 4.78 is 5.32. The molecule has 98 valence electrons. The molecule has 18 heavy (non-hydrogen) atoms. The van der Waals surface area contributed by atoms with Crippen LogP contribution in [0.5, 0.6) is 0 Å². The van der Waals surface area contributed by atoms with Crippen LogP contribution in [0.4, 0.5) is 11.5 Å². The molecular weight excluding hydrogens is 238 g/mol. The number of anilines is 1. The highest BCUT2D eigenvalue weighted by Gasteiger charge is 2.33. The third-order valence-electron chi connectivity index (χ3n) is 2.88. The molecule has 1 aliphatic heterocycles. The molecule has 7 heteroatoms. The molecule has 1 saturated heterocycles. The van der Waals surface area contributed by atoms with Gasteiger partial charge in [0.15, 0.2) is 0 Å². The number of rotatable bonds is 5. The van der Waals surface area contributed by atoms with Crippen LogP contribution in [0.3, 0.4) is 0 Å². The van der Waals surface area contributed by atoms with Gasteiger partial charge in [-0.05, 0) is 13.0 Å². The number of aryl methyl sites for hydroxylation is 1. The zero-order valence-electron chi connectivity index (χ0n) is 10.1. The maximum atomic E-state index is 11.0. The Morgan fingerprint density at radius 2 is 2.39 bits per heavy atom. The Balaban J connectivity index is 2.07. The summed E-state index contributed by atoms with van der Waals surface area (Å²) in [6.07, 6.45) is 1.58. The summed E-state index contributed by atoms with van der Waals surface area (Å²) in [5.74, 6) is 0.392. The average Bonchev–Trinajstić information content (AvgIpc) is 2.26. The van der Waals surface area contributed by atoms with Crippen LogP contribution in [0.15, 0.2) is 12.3 Å². The summed E-state index contributed by atoms with van der Waals surface area (Å²) in [7, 11) is 0. The third-order valence-corrected chi connectivity index (χ3v) is 2.88. The van der Waals surface area contributed by atoms with Crippen LogP contribution in [0.1, 0.15) is 5.56 Å². The topological polar surface area (TPSA) is 88.7 Å². The molecule has 0 unspecified atom stereocenters. The van der Waals surface area contributed by atoms with E-state index in [2.05, 4.69) is 4.98 Å². The predicted octanol–water partition coefficient (Wildman–Crippen LogP) is 0.496. The highest BCUT2D eigenvalue weighted by molar-refractivity contribution is 5.62. The summed E-state index contributed by atoms with van der Waals surface area (Å²) in [6, 6.07) is 1.63. The zero-order valence-corrected chi connectivity index (χ0v) is 10.1. The Morgan fingerprint density at radius 3 is 3.00 bits per heavy atom. The monoisotopic (exact) mass is 253 g/mol. The molecule has 2 heterocycles. The minimum atomic E-state index is -0.403. The standard InChI is InChI=1S/C11H15N3O4/c1-8-2-3-12-11(10(8)14(16)17)13-6-9(7-13)18-5-4-15/h2-3,9,15H,4-7H2,1H3. The number of aliphatic hydroxyl groups excluding tert-OH is 1. The number of hydrogen-bond donors (Lipinski definition) is 1. The van der Waals surface area contributed by atoms with Gasteiger partial charge >= 0.3 is 5.69 Å². The summed E-state index contributed by atoms with van der Waals surface area (Å²) in [6.45, 7) is 3.11. The van der Waals surface area contributed by atoms with Crippen LogP contribution in [0.25, 0.3) is 0 Å². The van der Waals surface area contributed by atoms with Crippen molar-refractivity contribution in [3.63, 3.8) is 0 Å². The lowest BCUT2D eigenvalue weighted by molar-refractivity contribution is -0.385. The SMILES string of the molecule is Cc1ccnc(N2CC(OCCO)C2)c1[N+](=O)[O-]. The van der Waals surface area contributed by atoms with E-state index in [0.29, 0.717) is 31.1 Å². The second-order valence-electron chi connectivity index (χ2n) is 4.18. The van der Waals surface area contributed by atoms with Crippen LogP contribution in [0.2, 0.25) is 0 Å². The van der Waals surface area contributed by atoms with E-state index in [1.807, 2.05) is 4.90 Å². The minimum Gasteiger partial charge on any atom is -0.394 e. The van der Waals surface area contributed by atoms with Gasteiger partial charge in [-0.25, -0.2) is 4.98 Å². The fourth-order valence-corrected chi connectivity index (χ4v) is 1.93. The first-order valence-corrected chi connectivity index (χ1v) is 5.71. The lowest BCUT2D eigenvalue weighted by Crippen LogP contribution is -2.53. The van der Waals surface area contributed by atoms with Crippen LogP contribution < -0.4 is 4.90 Å². The van der Waals surface area contributed by atoms with E-state index in [1.54, 1.807) is 19.2 Å².